The Labute approximate surface area is 209 Å². The van der Waals surface area contributed by atoms with Crippen molar-refractivity contribution in [1.82, 2.24) is 4.90 Å². The van der Waals surface area contributed by atoms with Crippen LogP contribution in [0.25, 0.3) is 0 Å². The number of fused-ring (bicyclic) bond motifs is 1. The van der Waals surface area contributed by atoms with Crippen LogP contribution in [0.2, 0.25) is 0 Å². The molecule has 0 unspecified atom stereocenters. The van der Waals surface area contributed by atoms with Crippen LogP contribution in [-0.2, 0) is 4.79 Å². The summed E-state index contributed by atoms with van der Waals surface area (Å²) in [5.41, 5.74) is 4.02. The van der Waals surface area contributed by atoms with Crippen molar-refractivity contribution < 1.29 is 28.6 Å². The maximum atomic E-state index is 13.7. The standard InChI is InChI=1S/C28H26N2O6/c1-15-10-11-18(12-16(15)2)29-23(17-13-21(34-3)25(36-5)22(14-17)35-4)24(28(29)33)30-26(31)19-8-6-7-9-20(19)27(30)32/h6-14,23-24H,1-5H3/t23-,24+/m0/s1. The van der Waals surface area contributed by atoms with E-state index in [4.69, 9.17) is 14.2 Å². The zero-order chi connectivity index (χ0) is 25.7. The van der Waals surface area contributed by atoms with Crippen LogP contribution >= 0.6 is 0 Å². The SMILES string of the molecule is COc1cc([C@H]2[C@@H](N3C(=O)c4ccccc4C3=O)C(=O)N2c2ccc(C)c(C)c2)cc(OC)c1OC. The second kappa shape index (κ2) is 8.71. The van der Waals surface area contributed by atoms with E-state index >= 15 is 0 Å². The van der Waals surface area contributed by atoms with Gasteiger partial charge in [-0.1, -0.05) is 18.2 Å². The summed E-state index contributed by atoms with van der Waals surface area (Å²) in [5.74, 6) is -0.0760. The van der Waals surface area contributed by atoms with Gasteiger partial charge in [-0.15, -0.1) is 0 Å². The molecular formula is C28H26N2O6. The van der Waals surface area contributed by atoms with Gasteiger partial charge in [0, 0.05) is 5.69 Å². The summed E-state index contributed by atoms with van der Waals surface area (Å²) in [7, 11) is 4.53. The third kappa shape index (κ3) is 3.32. The molecule has 2 aliphatic heterocycles. The fraction of sp³-hybridized carbons (Fsp3) is 0.250. The molecule has 36 heavy (non-hydrogen) atoms. The van der Waals surface area contributed by atoms with Gasteiger partial charge in [-0.05, 0) is 66.9 Å². The minimum atomic E-state index is -1.03. The molecule has 0 radical (unpaired) electrons. The maximum absolute atomic E-state index is 13.7. The van der Waals surface area contributed by atoms with Crippen molar-refractivity contribution in [2.45, 2.75) is 25.9 Å². The van der Waals surface area contributed by atoms with Crippen molar-refractivity contribution in [2.24, 2.45) is 0 Å². The van der Waals surface area contributed by atoms with Crippen molar-refractivity contribution in [3.8, 4) is 17.2 Å². The fourth-order valence-corrected chi connectivity index (χ4v) is 4.95. The molecule has 0 aromatic heterocycles. The molecule has 2 aliphatic rings. The van der Waals surface area contributed by atoms with E-state index in [-0.39, 0.29) is 5.91 Å². The van der Waals surface area contributed by atoms with Crippen molar-refractivity contribution in [3.63, 3.8) is 0 Å². The Morgan fingerprint density at radius 3 is 1.75 bits per heavy atom. The molecule has 0 bridgehead atoms. The molecule has 0 aliphatic carbocycles. The number of amides is 3. The number of nitrogens with zero attached hydrogens (tertiary/aromatic N) is 2. The second-order valence-corrected chi connectivity index (χ2v) is 8.85. The number of rotatable bonds is 6. The first kappa shape index (κ1) is 23.4. The number of carbonyl (C=O) groups is 3. The Morgan fingerprint density at radius 1 is 0.667 bits per heavy atom. The van der Waals surface area contributed by atoms with Crippen LogP contribution in [0, 0.1) is 13.8 Å². The number of hydrogen-bond acceptors (Lipinski definition) is 6. The van der Waals surface area contributed by atoms with Gasteiger partial charge >= 0.3 is 0 Å². The summed E-state index contributed by atoms with van der Waals surface area (Å²) >= 11 is 0. The van der Waals surface area contributed by atoms with E-state index in [1.807, 2.05) is 32.0 Å². The van der Waals surface area contributed by atoms with E-state index in [0.717, 1.165) is 16.0 Å². The first-order chi connectivity index (χ1) is 17.3. The Hall–Kier alpha value is -4.33. The average molecular weight is 487 g/mol. The largest absolute Gasteiger partial charge is 0.493 e. The Bertz CT molecular complexity index is 1350. The minimum Gasteiger partial charge on any atom is -0.493 e. The molecule has 1 saturated heterocycles. The minimum absolute atomic E-state index is 0.295. The zero-order valence-corrected chi connectivity index (χ0v) is 20.7. The number of carbonyl (C=O) groups excluding carboxylic acids is 3. The van der Waals surface area contributed by atoms with Gasteiger partial charge in [-0.2, -0.15) is 0 Å². The average Bonchev–Trinajstić information content (AvgIpc) is 3.13. The molecule has 5 rings (SSSR count). The van der Waals surface area contributed by atoms with E-state index in [1.165, 1.54) is 21.3 Å². The fourth-order valence-electron chi connectivity index (χ4n) is 4.95. The van der Waals surface area contributed by atoms with Gasteiger partial charge in [0.05, 0.1) is 38.5 Å². The van der Waals surface area contributed by atoms with Gasteiger partial charge in [0.25, 0.3) is 17.7 Å². The molecule has 8 nitrogen and oxygen atoms in total. The van der Waals surface area contributed by atoms with Crippen LogP contribution in [0.15, 0.2) is 54.6 Å². The number of benzene rings is 3. The van der Waals surface area contributed by atoms with Gasteiger partial charge in [-0.3, -0.25) is 19.3 Å². The predicted molar refractivity (Wildman–Crippen MR) is 133 cm³/mol. The molecule has 2 heterocycles. The van der Waals surface area contributed by atoms with Gasteiger partial charge in [0.2, 0.25) is 5.75 Å². The normalized spacial score (nSPS) is 18.8. The highest BCUT2D eigenvalue weighted by Crippen LogP contribution is 2.48. The summed E-state index contributed by atoms with van der Waals surface area (Å²) in [6.45, 7) is 3.97. The highest BCUT2D eigenvalue weighted by Gasteiger charge is 2.57. The predicted octanol–water partition coefficient (Wildman–Crippen LogP) is 4.08. The Balaban J connectivity index is 1.66. The van der Waals surface area contributed by atoms with Gasteiger partial charge in [-0.25, -0.2) is 0 Å². The number of anilines is 1. The molecule has 3 amide bonds. The number of aryl methyl sites for hydroxylation is 2. The molecule has 0 N–H and O–H groups in total. The zero-order valence-electron chi connectivity index (χ0n) is 20.7. The highest BCUT2D eigenvalue weighted by atomic mass is 16.5. The van der Waals surface area contributed by atoms with Crippen LogP contribution in [0.1, 0.15) is 43.4 Å². The lowest BCUT2D eigenvalue weighted by atomic mass is 9.85. The lowest BCUT2D eigenvalue weighted by Crippen LogP contribution is -2.67. The summed E-state index contributed by atoms with van der Waals surface area (Å²) in [4.78, 5) is 43.0. The number of hydrogen-bond donors (Lipinski definition) is 0. The van der Waals surface area contributed by atoms with Crippen LogP contribution in [-0.4, -0.2) is 50.0 Å². The third-order valence-corrected chi connectivity index (χ3v) is 6.97. The number of ether oxygens (including phenoxy) is 3. The number of imide groups is 1. The summed E-state index contributed by atoms with van der Waals surface area (Å²) in [5, 5.41) is 0. The van der Waals surface area contributed by atoms with Crippen molar-refractivity contribution in [3.05, 3.63) is 82.4 Å². The van der Waals surface area contributed by atoms with Crippen LogP contribution < -0.4 is 19.1 Å². The van der Waals surface area contributed by atoms with Crippen molar-refractivity contribution in [1.29, 1.82) is 0 Å². The van der Waals surface area contributed by atoms with E-state index in [2.05, 4.69) is 0 Å². The van der Waals surface area contributed by atoms with E-state index in [9.17, 15) is 14.4 Å². The van der Waals surface area contributed by atoms with E-state index in [1.54, 1.807) is 41.3 Å². The molecule has 184 valence electrons. The molecule has 2 atom stereocenters. The number of methoxy groups -OCH3 is 3. The maximum Gasteiger partial charge on any atom is 0.262 e. The highest BCUT2D eigenvalue weighted by molar-refractivity contribution is 6.24. The Kier molecular flexibility index (Phi) is 5.67. The van der Waals surface area contributed by atoms with E-state index in [0.29, 0.717) is 39.6 Å². The summed E-state index contributed by atoms with van der Waals surface area (Å²) in [6.07, 6.45) is 0. The first-order valence-corrected chi connectivity index (χ1v) is 11.5. The van der Waals surface area contributed by atoms with Crippen LogP contribution in [0.5, 0.6) is 17.2 Å². The van der Waals surface area contributed by atoms with E-state index < -0.39 is 23.9 Å². The molecule has 3 aromatic rings. The van der Waals surface area contributed by atoms with Crippen molar-refractivity contribution in [2.75, 3.05) is 26.2 Å². The van der Waals surface area contributed by atoms with Crippen molar-refractivity contribution >= 4 is 23.4 Å². The summed E-state index contributed by atoms with van der Waals surface area (Å²) in [6, 6.07) is 14.2. The lowest BCUT2D eigenvalue weighted by molar-refractivity contribution is -0.130. The molecule has 1 fully saturated rings. The second-order valence-electron chi connectivity index (χ2n) is 8.85. The topological polar surface area (TPSA) is 85.4 Å². The van der Waals surface area contributed by atoms with Gasteiger partial charge < -0.3 is 19.1 Å². The number of β-lactam (4-membered cyclic amide) rings is 1. The Morgan fingerprint density at radius 2 is 1.25 bits per heavy atom. The first-order valence-electron chi connectivity index (χ1n) is 11.5. The summed E-state index contributed by atoms with van der Waals surface area (Å²) < 4.78 is 16.5. The smallest absolute Gasteiger partial charge is 0.262 e. The molecule has 3 aromatic carbocycles. The molecular weight excluding hydrogens is 460 g/mol. The van der Waals surface area contributed by atoms with Crippen LogP contribution in [0.4, 0.5) is 5.69 Å². The monoisotopic (exact) mass is 486 g/mol. The molecule has 0 saturated carbocycles. The molecule has 0 spiro atoms. The van der Waals surface area contributed by atoms with Gasteiger partial charge in [0.1, 0.15) is 6.04 Å². The lowest BCUT2D eigenvalue weighted by Gasteiger charge is -2.50. The quantitative estimate of drug-likeness (QED) is 0.386. The third-order valence-electron chi connectivity index (χ3n) is 6.97. The van der Waals surface area contributed by atoms with Crippen LogP contribution in [0.3, 0.4) is 0 Å². The molecule has 8 heteroatoms. The van der Waals surface area contributed by atoms with Gasteiger partial charge in [0.15, 0.2) is 11.5 Å².